The quantitative estimate of drug-likeness (QED) is 0.355. The van der Waals surface area contributed by atoms with Crippen LogP contribution in [0.5, 0.6) is 0 Å². The molecule has 0 saturated carbocycles. The van der Waals surface area contributed by atoms with Crippen molar-refractivity contribution in [3.63, 3.8) is 0 Å². The molecular formula is C25H16BrN5O2S. The molecule has 1 amide bonds. The van der Waals surface area contributed by atoms with Crippen LogP contribution in [0.2, 0.25) is 0 Å². The number of anilines is 1. The van der Waals surface area contributed by atoms with Gasteiger partial charge in [0.25, 0.3) is 11.5 Å². The van der Waals surface area contributed by atoms with Gasteiger partial charge in [-0.1, -0.05) is 57.1 Å². The van der Waals surface area contributed by atoms with Gasteiger partial charge >= 0.3 is 0 Å². The number of carbonyl (C=O) groups is 1. The molecule has 0 spiro atoms. The van der Waals surface area contributed by atoms with E-state index in [4.69, 9.17) is 0 Å². The molecule has 2 aromatic carbocycles. The molecule has 0 unspecified atom stereocenters. The SMILES string of the molecule is Cc1ccc(CN2C(=O)/C(=c3\sc4nc(-c5ccncc5)nn4c3=O)c3cc(Br)ccc32)cc1. The third kappa shape index (κ3) is 3.36. The summed E-state index contributed by atoms with van der Waals surface area (Å²) in [5, 5.41) is 4.40. The lowest BCUT2D eigenvalue weighted by Gasteiger charge is -2.17. The second kappa shape index (κ2) is 7.96. The van der Waals surface area contributed by atoms with Gasteiger partial charge in [0.15, 0.2) is 5.82 Å². The van der Waals surface area contributed by atoms with Gasteiger partial charge in [-0.15, -0.1) is 5.10 Å². The normalized spacial score (nSPS) is 14.8. The molecule has 166 valence electrons. The van der Waals surface area contributed by atoms with Gasteiger partial charge in [-0.25, -0.2) is 0 Å². The summed E-state index contributed by atoms with van der Waals surface area (Å²) in [6, 6.07) is 17.4. The molecule has 0 atom stereocenters. The number of halogens is 1. The molecule has 4 heterocycles. The Morgan fingerprint density at radius 2 is 1.76 bits per heavy atom. The van der Waals surface area contributed by atoms with Gasteiger partial charge in [-0.3, -0.25) is 14.6 Å². The maximum Gasteiger partial charge on any atom is 0.291 e. The second-order valence-electron chi connectivity index (χ2n) is 8.02. The van der Waals surface area contributed by atoms with Crippen LogP contribution in [-0.4, -0.2) is 25.5 Å². The molecule has 7 nitrogen and oxygen atoms in total. The Bertz CT molecular complexity index is 1690. The van der Waals surface area contributed by atoms with Gasteiger partial charge in [0.2, 0.25) is 4.96 Å². The van der Waals surface area contributed by atoms with Crippen molar-refractivity contribution < 1.29 is 4.79 Å². The van der Waals surface area contributed by atoms with Gasteiger partial charge in [0, 0.05) is 28.0 Å². The summed E-state index contributed by atoms with van der Waals surface area (Å²) in [6.07, 6.45) is 3.30. The Balaban J connectivity index is 1.51. The molecule has 3 aromatic heterocycles. The molecular weight excluding hydrogens is 514 g/mol. The number of rotatable bonds is 3. The molecule has 0 N–H and O–H groups in total. The first-order valence-corrected chi connectivity index (χ1v) is 12.1. The van der Waals surface area contributed by atoms with E-state index >= 15 is 0 Å². The summed E-state index contributed by atoms with van der Waals surface area (Å²) in [7, 11) is 0. The van der Waals surface area contributed by atoms with Gasteiger partial charge in [-0.2, -0.15) is 9.50 Å². The summed E-state index contributed by atoms with van der Waals surface area (Å²) < 4.78 is 2.45. The highest BCUT2D eigenvalue weighted by Gasteiger charge is 2.34. The first kappa shape index (κ1) is 20.9. The Labute approximate surface area is 206 Å². The molecule has 5 aromatic rings. The number of benzene rings is 2. The zero-order chi connectivity index (χ0) is 23.4. The molecule has 1 aliphatic heterocycles. The van der Waals surface area contributed by atoms with E-state index in [2.05, 4.69) is 31.0 Å². The molecule has 9 heteroatoms. The highest BCUT2D eigenvalue weighted by atomic mass is 79.9. The minimum absolute atomic E-state index is 0.204. The topological polar surface area (TPSA) is 80.5 Å². The second-order valence-corrected chi connectivity index (χ2v) is 9.91. The van der Waals surface area contributed by atoms with Gasteiger partial charge in [0.1, 0.15) is 4.53 Å². The number of nitrogens with zero attached hydrogens (tertiary/aromatic N) is 5. The minimum Gasteiger partial charge on any atom is -0.303 e. The zero-order valence-electron chi connectivity index (χ0n) is 17.9. The van der Waals surface area contributed by atoms with Crippen LogP contribution in [0.1, 0.15) is 16.7 Å². The highest BCUT2D eigenvalue weighted by molar-refractivity contribution is 9.10. The summed E-state index contributed by atoms with van der Waals surface area (Å²) in [6.45, 7) is 2.44. The highest BCUT2D eigenvalue weighted by Crippen LogP contribution is 2.38. The summed E-state index contributed by atoms with van der Waals surface area (Å²) in [5.41, 5.74) is 4.48. The molecule has 0 bridgehead atoms. The average molecular weight is 530 g/mol. The standard InChI is InChI=1S/C25H16BrN5O2S/c1-14-2-4-15(5-3-14)13-30-19-7-6-17(26)12-18(19)20(23(30)32)21-24(33)31-25(34-21)28-22(29-31)16-8-10-27-11-9-16/h2-12H,13H2,1H3/b21-20-. The van der Waals surface area contributed by atoms with Gasteiger partial charge in [-0.05, 0) is 42.8 Å². The fourth-order valence-electron chi connectivity index (χ4n) is 4.06. The smallest absolute Gasteiger partial charge is 0.291 e. The van der Waals surface area contributed by atoms with E-state index in [-0.39, 0.29) is 11.5 Å². The first-order chi connectivity index (χ1) is 16.5. The number of pyridine rings is 1. The Morgan fingerprint density at radius 3 is 2.50 bits per heavy atom. The first-order valence-electron chi connectivity index (χ1n) is 10.5. The lowest BCUT2D eigenvalue weighted by atomic mass is 10.1. The number of hydrogen-bond donors (Lipinski definition) is 0. The number of hydrogen-bond acceptors (Lipinski definition) is 6. The molecule has 0 radical (unpaired) electrons. The van der Waals surface area contributed by atoms with Crippen LogP contribution < -0.4 is 15.0 Å². The summed E-state index contributed by atoms with van der Waals surface area (Å²) in [4.78, 5) is 37.7. The third-order valence-electron chi connectivity index (χ3n) is 5.76. The molecule has 6 rings (SSSR count). The Kier molecular flexibility index (Phi) is 4.89. The van der Waals surface area contributed by atoms with E-state index in [0.29, 0.717) is 27.4 Å². The van der Waals surface area contributed by atoms with Crippen molar-refractivity contribution in [3.8, 4) is 11.4 Å². The molecule has 0 fully saturated rings. The monoisotopic (exact) mass is 529 g/mol. The van der Waals surface area contributed by atoms with E-state index in [1.54, 1.807) is 29.4 Å². The van der Waals surface area contributed by atoms with Crippen molar-refractivity contribution in [2.45, 2.75) is 13.5 Å². The van der Waals surface area contributed by atoms with Crippen molar-refractivity contribution in [1.82, 2.24) is 19.6 Å². The van der Waals surface area contributed by atoms with Crippen LogP contribution in [0.3, 0.4) is 0 Å². The fraction of sp³-hybridized carbons (Fsp3) is 0.0800. The van der Waals surface area contributed by atoms with Crippen molar-refractivity contribution in [1.29, 1.82) is 0 Å². The fourth-order valence-corrected chi connectivity index (χ4v) is 5.42. The number of fused-ring (bicyclic) bond motifs is 2. The van der Waals surface area contributed by atoms with E-state index in [1.807, 2.05) is 49.4 Å². The Morgan fingerprint density at radius 1 is 1.00 bits per heavy atom. The maximum atomic E-state index is 13.7. The number of thiazole rings is 1. The summed E-state index contributed by atoms with van der Waals surface area (Å²) >= 11 is 4.69. The maximum absolute atomic E-state index is 13.7. The molecule has 0 aliphatic carbocycles. The van der Waals surface area contributed by atoms with Crippen molar-refractivity contribution in [3.05, 3.63) is 103 Å². The lowest BCUT2D eigenvalue weighted by molar-refractivity contribution is -0.113. The van der Waals surface area contributed by atoms with Crippen molar-refractivity contribution in [2.75, 3.05) is 4.90 Å². The zero-order valence-corrected chi connectivity index (χ0v) is 20.3. The van der Waals surface area contributed by atoms with Crippen LogP contribution in [-0.2, 0) is 11.3 Å². The van der Waals surface area contributed by atoms with Gasteiger partial charge in [0.05, 0.1) is 17.8 Å². The van der Waals surface area contributed by atoms with Crippen LogP contribution in [0.15, 0.2) is 76.3 Å². The van der Waals surface area contributed by atoms with Crippen molar-refractivity contribution >= 4 is 49.4 Å². The van der Waals surface area contributed by atoms with Crippen LogP contribution in [0.25, 0.3) is 21.9 Å². The van der Waals surface area contributed by atoms with E-state index in [1.165, 1.54) is 15.9 Å². The van der Waals surface area contributed by atoms with Gasteiger partial charge < -0.3 is 4.90 Å². The van der Waals surface area contributed by atoms with E-state index in [9.17, 15) is 9.59 Å². The largest absolute Gasteiger partial charge is 0.303 e. The predicted octanol–water partition coefficient (Wildman–Crippen LogP) is 3.75. The van der Waals surface area contributed by atoms with E-state index < -0.39 is 0 Å². The van der Waals surface area contributed by atoms with Crippen molar-refractivity contribution in [2.24, 2.45) is 0 Å². The minimum atomic E-state index is -0.348. The average Bonchev–Trinajstić information content (AvgIpc) is 3.47. The number of aryl methyl sites for hydroxylation is 1. The van der Waals surface area contributed by atoms with Crippen LogP contribution in [0, 0.1) is 6.92 Å². The molecule has 0 saturated heterocycles. The number of aromatic nitrogens is 4. The van der Waals surface area contributed by atoms with Crippen LogP contribution >= 0.6 is 27.3 Å². The Hall–Kier alpha value is -3.69. The number of amides is 1. The molecule has 1 aliphatic rings. The predicted molar refractivity (Wildman–Crippen MR) is 135 cm³/mol. The third-order valence-corrected chi connectivity index (χ3v) is 7.28. The summed E-state index contributed by atoms with van der Waals surface area (Å²) in [5.74, 6) is 0.244. The van der Waals surface area contributed by atoms with Crippen LogP contribution in [0.4, 0.5) is 5.69 Å². The molecule has 34 heavy (non-hydrogen) atoms. The lowest BCUT2D eigenvalue weighted by Crippen LogP contribution is -2.32. The number of carbonyl (C=O) groups excluding carboxylic acids is 1. The van der Waals surface area contributed by atoms with E-state index in [0.717, 1.165) is 32.4 Å².